The minimum Gasteiger partial charge on any atom is -0.493 e. The Balaban J connectivity index is 0.000000229. The number of aliphatic imine (C=N–C) groups is 1. The summed E-state index contributed by atoms with van der Waals surface area (Å²) in [5, 5.41) is 52.1. The Kier molecular flexibility index (Phi) is 53.8. The lowest BCUT2D eigenvalue weighted by Crippen LogP contribution is -2.37. The molecule has 15 rings (SSSR count). The number of carbonyl (C=O) groups is 6. The maximum Gasteiger partial charge on any atom is 0.407 e. The number of anilines is 1. The lowest BCUT2D eigenvalue weighted by atomic mass is 9.87. The molecule has 35 heteroatoms. The number of likely N-dealkylation sites (N-methyl/N-ethyl adjacent to an activating group) is 2. The van der Waals surface area contributed by atoms with Gasteiger partial charge in [0.25, 0.3) is 0 Å². The molecule has 1 aromatic heterocycles. The van der Waals surface area contributed by atoms with Gasteiger partial charge in [-0.3, -0.25) is 14.6 Å². The van der Waals surface area contributed by atoms with Gasteiger partial charge >= 0.3 is 36.4 Å². The van der Waals surface area contributed by atoms with E-state index < -0.39 is 41.9 Å². The molecule has 0 radical (unpaired) electrons. The highest BCUT2D eigenvalue weighted by atomic mass is 35.5. The van der Waals surface area contributed by atoms with Crippen LogP contribution in [0.5, 0.6) is 29.1 Å². The second-order valence-corrected chi connectivity index (χ2v) is 37.6. The summed E-state index contributed by atoms with van der Waals surface area (Å²) in [6.07, 6.45) is 4.75. The van der Waals surface area contributed by atoms with E-state index in [1.165, 1.54) is 51.6 Å². The van der Waals surface area contributed by atoms with Gasteiger partial charge in [0.2, 0.25) is 5.91 Å². The summed E-state index contributed by atoms with van der Waals surface area (Å²) in [6.45, 7) is 17.8. The van der Waals surface area contributed by atoms with Crippen LogP contribution in [0.1, 0.15) is 132 Å². The van der Waals surface area contributed by atoms with Gasteiger partial charge in [0.15, 0.2) is 23.2 Å². The summed E-state index contributed by atoms with van der Waals surface area (Å²) in [5.74, 6) is 1.51. The minimum atomic E-state index is -0.938. The number of para-hydroxylation sites is 2. The van der Waals surface area contributed by atoms with Gasteiger partial charge in [-0.25, -0.2) is 19.2 Å². The average molecular weight is 2140 g/mol. The molecule has 31 nitrogen and oxygen atoms in total. The van der Waals surface area contributed by atoms with Crippen molar-refractivity contribution in [2.45, 2.75) is 111 Å². The molecule has 802 valence electrons. The van der Waals surface area contributed by atoms with E-state index in [4.69, 9.17) is 126 Å². The number of rotatable bonds is 34. The average Bonchev–Trinajstić information content (AvgIpc) is 1.62. The van der Waals surface area contributed by atoms with Crippen LogP contribution in [-0.2, 0) is 33.3 Å². The molecular weight excluding hydrogens is 2000 g/mol. The van der Waals surface area contributed by atoms with Gasteiger partial charge in [-0.15, -0.1) is 0 Å². The summed E-state index contributed by atoms with van der Waals surface area (Å²) < 4.78 is 51.4. The number of carbonyl (C=O) groups excluding carboxylic acids is 5. The molecule has 1 saturated heterocycles. The van der Waals surface area contributed by atoms with Crippen LogP contribution in [0.15, 0.2) is 276 Å². The zero-order valence-electron chi connectivity index (χ0n) is 86.8. The number of nitrogens with zero attached hydrogens (tertiary/aromatic N) is 5. The van der Waals surface area contributed by atoms with Crippen LogP contribution in [-0.4, -0.2) is 235 Å². The molecule has 3 heterocycles. The predicted molar refractivity (Wildman–Crippen MR) is 592 cm³/mol. The first-order valence-electron chi connectivity index (χ1n) is 48.5. The number of cyclic esters (lactones) is 1. The second kappa shape index (κ2) is 65.7. The largest absolute Gasteiger partial charge is 0.493 e. The number of alkyl carbamates (subject to hydrolysis) is 2. The number of benzodiazepines with no additional fused rings is 1. The summed E-state index contributed by atoms with van der Waals surface area (Å²) in [4.78, 5) is 79.8. The van der Waals surface area contributed by atoms with Gasteiger partial charge in [-0.1, -0.05) is 249 Å². The number of halogens is 4. The van der Waals surface area contributed by atoms with E-state index in [-0.39, 0.29) is 94.9 Å². The Morgan fingerprint density at radius 3 is 1.76 bits per heavy atom. The number of carboxylic acid groups (broad SMARTS) is 1. The Morgan fingerprint density at radius 2 is 1.19 bits per heavy atom. The molecule has 1 aliphatic carbocycles. The van der Waals surface area contributed by atoms with Crippen LogP contribution in [0.3, 0.4) is 0 Å². The van der Waals surface area contributed by atoms with Crippen molar-refractivity contribution in [3.8, 4) is 29.1 Å². The Labute approximate surface area is 897 Å². The number of aliphatic hydroxyl groups excluding tert-OH is 3. The number of fused-ring (bicyclic) bond motifs is 4. The number of hydrogen-bond acceptors (Lipinski definition) is 25. The van der Waals surface area contributed by atoms with E-state index >= 15 is 0 Å². The zero-order chi connectivity index (χ0) is 110. The van der Waals surface area contributed by atoms with Crippen LogP contribution in [0.2, 0.25) is 20.1 Å². The summed E-state index contributed by atoms with van der Waals surface area (Å²) >= 11 is 23.1. The summed E-state index contributed by atoms with van der Waals surface area (Å²) in [6, 6.07) is 83.5. The van der Waals surface area contributed by atoms with Crippen molar-refractivity contribution >= 4 is 123 Å². The number of methoxy groups -OCH3 is 1. The van der Waals surface area contributed by atoms with Crippen molar-refractivity contribution in [1.82, 2.24) is 25.4 Å². The highest BCUT2D eigenvalue weighted by Gasteiger charge is 2.29. The number of nitrogens with one attached hydrogen (secondary N) is 2. The monoisotopic (exact) mass is 2130 g/mol. The minimum absolute atomic E-state index is 0.0114. The van der Waals surface area contributed by atoms with Crippen LogP contribution in [0.25, 0.3) is 28.8 Å². The molecule has 2 aliphatic heterocycles. The van der Waals surface area contributed by atoms with Crippen molar-refractivity contribution in [1.29, 1.82) is 0 Å². The number of oxazole rings is 1. The first kappa shape index (κ1) is 123. The molecule has 13 N–H and O–H groups in total. The number of aliphatic hydroxyl groups is 3. The third-order valence-corrected chi connectivity index (χ3v) is 23.1. The van der Waals surface area contributed by atoms with E-state index in [1.54, 1.807) is 96.9 Å². The topological polar surface area (TPSA) is 437 Å². The molecule has 6 atom stereocenters. The quantitative estimate of drug-likeness (QED) is 0.0167. The molecular formula is C115H138Cl4N10O21. The van der Waals surface area contributed by atoms with E-state index in [1.807, 2.05) is 114 Å². The Hall–Kier alpha value is -14.1. The lowest BCUT2D eigenvalue weighted by Gasteiger charge is -2.27. The molecule has 0 spiro atoms. The number of ether oxygens (including phenoxy) is 9. The molecule has 1 fully saturated rings. The van der Waals surface area contributed by atoms with Crippen molar-refractivity contribution in [3.63, 3.8) is 0 Å². The van der Waals surface area contributed by atoms with Gasteiger partial charge in [0.1, 0.15) is 81.5 Å². The first-order valence-corrected chi connectivity index (χ1v) is 50.0. The molecule has 12 aromatic rings. The van der Waals surface area contributed by atoms with Crippen LogP contribution in [0, 0.1) is 26.2 Å². The highest BCUT2D eigenvalue weighted by Crippen LogP contribution is 2.37. The van der Waals surface area contributed by atoms with Gasteiger partial charge in [-0.2, -0.15) is 4.98 Å². The highest BCUT2D eigenvalue weighted by molar-refractivity contribution is 6.32. The maximum absolute atomic E-state index is 12.0. The molecule has 150 heavy (non-hydrogen) atoms. The van der Waals surface area contributed by atoms with Crippen LogP contribution < -0.4 is 51.7 Å². The van der Waals surface area contributed by atoms with Crippen molar-refractivity contribution in [3.05, 3.63) is 354 Å². The number of hydrogen-bond donors (Lipinski definition) is 10. The number of carboxylic acids is 1. The van der Waals surface area contributed by atoms with Gasteiger partial charge < -0.3 is 115 Å². The normalized spacial score (nSPS) is 13.5. The molecule has 0 bridgehead atoms. The number of aryl methyl sites for hydroxylation is 3. The fraction of sp³-hybridized carbons (Fsp3) is 0.322. The molecule has 3 aliphatic rings. The number of amides is 5. The fourth-order valence-corrected chi connectivity index (χ4v) is 15.3. The van der Waals surface area contributed by atoms with Gasteiger partial charge in [-0.05, 0) is 240 Å². The van der Waals surface area contributed by atoms with Crippen molar-refractivity contribution < 1.29 is 101 Å². The lowest BCUT2D eigenvalue weighted by molar-refractivity contribution is -0.137. The Morgan fingerprint density at radius 1 is 0.627 bits per heavy atom. The number of aromatic nitrogens is 1. The second-order valence-electron chi connectivity index (χ2n) is 35.8. The number of nitrogens with two attached hydrogens (primary N) is 3. The van der Waals surface area contributed by atoms with Gasteiger partial charge in [0.05, 0.1) is 44.7 Å². The van der Waals surface area contributed by atoms with Gasteiger partial charge in [0, 0.05) is 68.7 Å². The van der Waals surface area contributed by atoms with E-state index in [0.717, 1.165) is 83.9 Å². The molecule has 11 aromatic carbocycles. The number of benzene rings is 11. The van der Waals surface area contributed by atoms with Crippen molar-refractivity contribution in [2.24, 2.45) is 27.6 Å². The smallest absolute Gasteiger partial charge is 0.407 e. The molecule has 0 saturated carbocycles. The Bertz CT molecular complexity index is 6190. The number of aromatic hydroxyl groups is 1. The van der Waals surface area contributed by atoms with Crippen molar-refractivity contribution in [2.75, 3.05) is 133 Å². The fourth-order valence-electron chi connectivity index (χ4n) is 14.7. The predicted octanol–water partition coefficient (Wildman–Crippen LogP) is 20.8. The number of primary amides is 2. The molecule has 6 unspecified atom stereocenters. The van der Waals surface area contributed by atoms with Crippen LogP contribution in [0.4, 0.5) is 24.9 Å². The standard InChI is InChI=1S/C20H21N.C18H23NO.C16H13ClN2O.C12H24N2O4.C12H15NO3.C11H15NO5.C10H12ClNO2.C9H11ClO3.C7H4ClNO2/c1-21(2)15-7-12-20-18-10-5-3-8-16(18)13-14-17-9-4-6-11-19(17)20;1-15-9-7-8-12-17(15)18(20-14-13-19(2)3)16-10-5-4-6-11-16;1-19-14-8-7-12(17)9-13(14)16(18-10-15(19)20)11-5-3-2-4-6-11;1-5-6-12(4,7-17-10(13)15)8-18-11(16)14-9(2)3;1-8-3-9(2)5-10(4-8)15-7-11-6-13-12(14)16-11;1-15-9-4-2-3-5-10(9)16-6-8(13)7-17-11(12)14;11-9-3-1-7(2-4-9)8(6-12)5-10(13)14;10-7-1-3-9(4-2-7)13-6-8(12)5-11;8-4-1-2-6-5(3-4)9-7(10)11-6/h3-6,8-14H,7,15H2,1-2H3;4-12,18H,13-14H2,1-3H3;2-9H,10H2,1H3;9H,5-8H2,1-4H3,(H2,13,15)(H,14,16);3-5,11H,6-7H2,1-2H3,(H,13,14);2-5,8,13H,6-7H2,1H3,(H2,12,14);1-4,8H,5-6,12H2,(H,13,14);1-4,8,11-12H,5-6H2;1-3H,(H,9,10). The third kappa shape index (κ3) is 45.2. The maximum atomic E-state index is 12.0. The SMILES string of the molecule is CCCC(C)(COC(N)=O)COC(=O)NC(C)C.CN(C)CCC=C1c2ccccc2C=Cc2ccccc21.CN1C(=O)CN=C(c2ccccc2)c2cc(Cl)ccc21.COc1ccccc1OCC(O)COC(N)=O.Cc1cc(C)cc(OCC2CNC(=O)O2)c1.Cc1ccccc1C(OCCN(C)C)c1ccccc1.NCC(CC(=O)O)c1ccc(Cl)cc1.OCC(O)COc1ccc(Cl)cc1.Oc1nc2cc(Cl)ccc2o1. The summed E-state index contributed by atoms with van der Waals surface area (Å²) in [7, 11) is 11.7. The van der Waals surface area contributed by atoms with E-state index in [0.29, 0.717) is 68.1 Å². The zero-order valence-corrected chi connectivity index (χ0v) is 89.8. The summed E-state index contributed by atoms with van der Waals surface area (Å²) in [5.41, 5.74) is 33.0. The first-order chi connectivity index (χ1) is 71.8. The van der Waals surface area contributed by atoms with E-state index in [2.05, 4.69) is 192 Å². The third-order valence-electron chi connectivity index (χ3n) is 22.2. The number of aliphatic carboxylic acids is 1. The van der Waals surface area contributed by atoms with E-state index in [9.17, 15) is 33.9 Å². The van der Waals surface area contributed by atoms with Crippen LogP contribution >= 0.6 is 46.4 Å². The molecule has 5 amide bonds.